The quantitative estimate of drug-likeness (QED) is 0.807. The molecular formula is C14H19F2NO2. The topological polar surface area (TPSA) is 40.5 Å². The Kier molecular flexibility index (Phi) is 5.57. The largest absolute Gasteiger partial charge is 0.395 e. The van der Waals surface area contributed by atoms with Gasteiger partial charge in [0.15, 0.2) is 17.4 Å². The van der Waals surface area contributed by atoms with Crippen molar-refractivity contribution in [2.75, 3.05) is 13.2 Å². The van der Waals surface area contributed by atoms with Gasteiger partial charge < -0.3 is 5.11 Å². The lowest BCUT2D eigenvalue weighted by Crippen LogP contribution is -2.45. The van der Waals surface area contributed by atoms with Gasteiger partial charge in [0.05, 0.1) is 12.6 Å². The number of carbonyl (C=O) groups is 1. The minimum Gasteiger partial charge on any atom is -0.395 e. The molecule has 0 aliphatic rings. The Hall–Kier alpha value is -1.33. The molecule has 0 aromatic heterocycles. The van der Waals surface area contributed by atoms with Crippen LogP contribution in [0.3, 0.4) is 0 Å². The van der Waals surface area contributed by atoms with E-state index in [1.807, 2.05) is 18.7 Å². The van der Waals surface area contributed by atoms with Gasteiger partial charge in [0.25, 0.3) is 0 Å². The average Bonchev–Trinajstić information content (AvgIpc) is 2.37. The van der Waals surface area contributed by atoms with Crippen molar-refractivity contribution in [1.29, 1.82) is 0 Å². The zero-order chi connectivity index (χ0) is 14.6. The van der Waals surface area contributed by atoms with E-state index in [4.69, 9.17) is 5.11 Å². The molecule has 0 fully saturated rings. The molecule has 0 heterocycles. The second-order valence-electron chi connectivity index (χ2n) is 4.72. The molecule has 0 bridgehead atoms. The van der Waals surface area contributed by atoms with E-state index in [1.165, 1.54) is 6.07 Å². The molecule has 1 atom stereocenters. The molecule has 0 radical (unpaired) electrons. The fourth-order valence-electron chi connectivity index (χ4n) is 2.06. The van der Waals surface area contributed by atoms with Crippen LogP contribution in [0.15, 0.2) is 18.2 Å². The highest BCUT2D eigenvalue weighted by Crippen LogP contribution is 2.14. The third-order valence-electron chi connectivity index (χ3n) is 3.10. The first-order valence-corrected chi connectivity index (χ1v) is 6.24. The van der Waals surface area contributed by atoms with Crippen molar-refractivity contribution in [3.05, 3.63) is 35.4 Å². The summed E-state index contributed by atoms with van der Waals surface area (Å²) in [5.41, 5.74) is 0.134. The predicted octanol–water partition coefficient (Wildman–Crippen LogP) is 2.24. The lowest BCUT2D eigenvalue weighted by molar-refractivity contribution is 0.0742. The summed E-state index contributed by atoms with van der Waals surface area (Å²) in [5.74, 6) is -2.29. The van der Waals surface area contributed by atoms with Crippen LogP contribution in [-0.4, -0.2) is 41.0 Å². The van der Waals surface area contributed by atoms with E-state index >= 15 is 0 Å². The highest BCUT2D eigenvalue weighted by Gasteiger charge is 2.24. The fourth-order valence-corrected chi connectivity index (χ4v) is 2.06. The van der Waals surface area contributed by atoms with E-state index < -0.39 is 17.7 Å². The molecule has 1 N–H and O–H groups in total. The van der Waals surface area contributed by atoms with Crippen LogP contribution in [0.1, 0.15) is 31.1 Å². The van der Waals surface area contributed by atoms with Crippen LogP contribution in [0.2, 0.25) is 0 Å². The first-order valence-electron chi connectivity index (χ1n) is 6.24. The van der Waals surface area contributed by atoms with Crippen molar-refractivity contribution in [3.63, 3.8) is 0 Å². The molecule has 0 aliphatic heterocycles. The summed E-state index contributed by atoms with van der Waals surface area (Å²) in [5, 5.41) is 9.00. The molecule has 0 saturated heterocycles. The third kappa shape index (κ3) is 3.81. The average molecular weight is 271 g/mol. The zero-order valence-electron chi connectivity index (χ0n) is 11.4. The SMILES string of the molecule is CC(C)N(CCO)C(C)C(=O)c1ccc(F)c(F)c1. The molecule has 1 aromatic carbocycles. The highest BCUT2D eigenvalue weighted by atomic mass is 19.2. The van der Waals surface area contributed by atoms with Gasteiger partial charge in [-0.2, -0.15) is 0 Å². The Morgan fingerprint density at radius 3 is 2.37 bits per heavy atom. The number of hydrogen-bond donors (Lipinski definition) is 1. The number of nitrogens with zero attached hydrogens (tertiary/aromatic N) is 1. The molecular weight excluding hydrogens is 252 g/mol. The van der Waals surface area contributed by atoms with Gasteiger partial charge in [0, 0.05) is 18.2 Å². The smallest absolute Gasteiger partial charge is 0.179 e. The first kappa shape index (κ1) is 15.7. The van der Waals surface area contributed by atoms with E-state index in [1.54, 1.807) is 6.92 Å². The predicted molar refractivity (Wildman–Crippen MR) is 69.1 cm³/mol. The summed E-state index contributed by atoms with van der Waals surface area (Å²) < 4.78 is 26.0. The normalized spacial score (nSPS) is 13.1. The minimum absolute atomic E-state index is 0.0619. The van der Waals surface area contributed by atoms with Crippen molar-refractivity contribution in [2.24, 2.45) is 0 Å². The van der Waals surface area contributed by atoms with Crippen molar-refractivity contribution < 1.29 is 18.7 Å². The second kappa shape index (κ2) is 6.73. The van der Waals surface area contributed by atoms with E-state index in [2.05, 4.69) is 0 Å². The van der Waals surface area contributed by atoms with Gasteiger partial charge >= 0.3 is 0 Å². The Morgan fingerprint density at radius 1 is 1.26 bits per heavy atom. The van der Waals surface area contributed by atoms with E-state index in [-0.39, 0.29) is 24.0 Å². The molecule has 5 heteroatoms. The summed E-state index contributed by atoms with van der Waals surface area (Å²) >= 11 is 0. The van der Waals surface area contributed by atoms with Crippen molar-refractivity contribution >= 4 is 5.78 Å². The monoisotopic (exact) mass is 271 g/mol. The lowest BCUT2D eigenvalue weighted by atomic mass is 10.0. The number of Topliss-reactive ketones (excluding diaryl/α,β-unsaturated/α-hetero) is 1. The highest BCUT2D eigenvalue weighted by molar-refractivity contribution is 5.99. The molecule has 0 spiro atoms. The molecule has 3 nitrogen and oxygen atoms in total. The molecule has 0 saturated carbocycles. The van der Waals surface area contributed by atoms with Crippen LogP contribution in [0.4, 0.5) is 8.78 Å². The third-order valence-corrected chi connectivity index (χ3v) is 3.10. The van der Waals surface area contributed by atoms with Gasteiger partial charge in [-0.15, -0.1) is 0 Å². The maximum atomic E-state index is 13.1. The van der Waals surface area contributed by atoms with Gasteiger partial charge in [-0.3, -0.25) is 9.69 Å². The Balaban J connectivity index is 2.94. The lowest BCUT2D eigenvalue weighted by Gasteiger charge is -2.31. The van der Waals surface area contributed by atoms with Crippen molar-refractivity contribution in [2.45, 2.75) is 32.9 Å². The number of rotatable bonds is 6. The standard InChI is InChI=1S/C14H19F2NO2/c1-9(2)17(6-7-18)10(3)14(19)11-4-5-12(15)13(16)8-11/h4-5,8-10,18H,6-7H2,1-3H3. The van der Waals surface area contributed by atoms with E-state index in [0.717, 1.165) is 12.1 Å². The molecule has 0 amide bonds. The number of aliphatic hydroxyl groups excluding tert-OH is 1. The Labute approximate surface area is 111 Å². The number of hydrogen-bond acceptors (Lipinski definition) is 3. The molecule has 0 aliphatic carbocycles. The van der Waals surface area contributed by atoms with Gasteiger partial charge in [0.1, 0.15) is 0 Å². The van der Waals surface area contributed by atoms with E-state index in [9.17, 15) is 13.6 Å². The van der Waals surface area contributed by atoms with Gasteiger partial charge in [-0.1, -0.05) is 0 Å². The minimum atomic E-state index is -1.03. The molecule has 1 rings (SSSR count). The molecule has 19 heavy (non-hydrogen) atoms. The number of aliphatic hydroxyl groups is 1. The van der Waals surface area contributed by atoms with Gasteiger partial charge in [-0.25, -0.2) is 8.78 Å². The van der Waals surface area contributed by atoms with Crippen LogP contribution in [0.25, 0.3) is 0 Å². The summed E-state index contributed by atoms with van der Waals surface area (Å²) in [6.07, 6.45) is 0. The fraction of sp³-hybridized carbons (Fsp3) is 0.500. The summed E-state index contributed by atoms with van der Waals surface area (Å²) in [7, 11) is 0. The Morgan fingerprint density at radius 2 is 1.89 bits per heavy atom. The van der Waals surface area contributed by atoms with Crippen molar-refractivity contribution in [3.8, 4) is 0 Å². The number of benzene rings is 1. The summed E-state index contributed by atoms with van der Waals surface area (Å²) in [6, 6.07) is 2.69. The number of halogens is 2. The molecule has 1 unspecified atom stereocenters. The Bertz CT molecular complexity index is 449. The zero-order valence-corrected chi connectivity index (χ0v) is 11.4. The summed E-state index contributed by atoms with van der Waals surface area (Å²) in [6.45, 7) is 5.80. The van der Waals surface area contributed by atoms with Crippen LogP contribution in [0, 0.1) is 11.6 Å². The first-order chi connectivity index (χ1) is 8.88. The second-order valence-corrected chi connectivity index (χ2v) is 4.72. The number of ketones is 1. The number of carbonyl (C=O) groups excluding carboxylic acids is 1. The van der Waals surface area contributed by atoms with Crippen LogP contribution >= 0.6 is 0 Å². The van der Waals surface area contributed by atoms with Crippen LogP contribution in [-0.2, 0) is 0 Å². The van der Waals surface area contributed by atoms with E-state index in [0.29, 0.717) is 6.54 Å². The molecule has 106 valence electrons. The maximum Gasteiger partial charge on any atom is 0.179 e. The van der Waals surface area contributed by atoms with Crippen molar-refractivity contribution in [1.82, 2.24) is 4.90 Å². The van der Waals surface area contributed by atoms with Crippen LogP contribution in [0.5, 0.6) is 0 Å². The van der Waals surface area contributed by atoms with Gasteiger partial charge in [0.2, 0.25) is 0 Å². The molecule has 1 aromatic rings. The van der Waals surface area contributed by atoms with Gasteiger partial charge in [-0.05, 0) is 39.0 Å². The summed E-state index contributed by atoms with van der Waals surface area (Å²) in [4.78, 5) is 14.0. The maximum absolute atomic E-state index is 13.1. The van der Waals surface area contributed by atoms with Crippen LogP contribution < -0.4 is 0 Å².